The number of aromatic nitrogens is 3. The fourth-order valence-corrected chi connectivity index (χ4v) is 5.30. The van der Waals surface area contributed by atoms with E-state index in [9.17, 15) is 4.79 Å². The molecule has 0 radical (unpaired) electrons. The van der Waals surface area contributed by atoms with E-state index >= 15 is 0 Å². The smallest absolute Gasteiger partial charge is 0.230 e. The number of hydrogen-bond donors (Lipinski definition) is 1. The molecule has 2 aromatic heterocycles. The van der Waals surface area contributed by atoms with Crippen LogP contribution in [0.25, 0.3) is 10.7 Å². The number of nitrogens with zero attached hydrogens (tertiary/aromatic N) is 3. The summed E-state index contributed by atoms with van der Waals surface area (Å²) in [5, 5.41) is 15.0. The van der Waals surface area contributed by atoms with Crippen molar-refractivity contribution in [2.75, 3.05) is 5.75 Å². The first-order chi connectivity index (χ1) is 12.6. The monoisotopic (exact) mass is 390 g/mol. The maximum atomic E-state index is 12.5. The molecule has 2 aliphatic rings. The van der Waals surface area contributed by atoms with Crippen LogP contribution in [-0.2, 0) is 4.79 Å². The predicted octanol–water partition coefficient (Wildman–Crippen LogP) is 4.37. The van der Waals surface area contributed by atoms with Gasteiger partial charge in [-0.15, -0.1) is 21.5 Å². The van der Waals surface area contributed by atoms with Crippen LogP contribution in [0.1, 0.15) is 52.0 Å². The summed E-state index contributed by atoms with van der Waals surface area (Å²) in [5.41, 5.74) is 0. The van der Waals surface area contributed by atoms with Crippen molar-refractivity contribution in [3.63, 3.8) is 0 Å². The third-order valence-electron chi connectivity index (χ3n) is 5.70. The van der Waals surface area contributed by atoms with Crippen molar-refractivity contribution >= 4 is 29.0 Å². The Morgan fingerprint density at radius 3 is 2.88 bits per heavy atom. The zero-order valence-electron chi connectivity index (χ0n) is 15.4. The van der Waals surface area contributed by atoms with E-state index in [1.54, 1.807) is 11.3 Å². The van der Waals surface area contributed by atoms with Gasteiger partial charge in [0.15, 0.2) is 11.0 Å². The van der Waals surface area contributed by atoms with Gasteiger partial charge in [0.2, 0.25) is 5.91 Å². The fourth-order valence-electron chi connectivity index (χ4n) is 3.78. The van der Waals surface area contributed by atoms with Crippen LogP contribution in [-0.4, -0.2) is 32.5 Å². The average Bonchev–Trinajstić information content (AvgIpc) is 3.16. The molecule has 2 heterocycles. The highest BCUT2D eigenvalue weighted by atomic mass is 32.2. The Labute approximate surface area is 163 Å². The summed E-state index contributed by atoms with van der Waals surface area (Å²) >= 11 is 3.20. The zero-order valence-corrected chi connectivity index (χ0v) is 17.0. The Balaban J connectivity index is 1.39. The lowest BCUT2D eigenvalue weighted by Gasteiger charge is -2.34. The second-order valence-corrected chi connectivity index (χ2v) is 9.50. The third-order valence-corrected chi connectivity index (χ3v) is 7.51. The summed E-state index contributed by atoms with van der Waals surface area (Å²) in [6.45, 7) is 4.56. The minimum atomic E-state index is 0.115. The van der Waals surface area contributed by atoms with Crippen LogP contribution >= 0.6 is 23.1 Å². The molecule has 0 aromatic carbocycles. The van der Waals surface area contributed by atoms with Gasteiger partial charge in [0.1, 0.15) is 0 Å². The summed E-state index contributed by atoms with van der Waals surface area (Å²) in [7, 11) is 0. The summed E-state index contributed by atoms with van der Waals surface area (Å²) in [6, 6.07) is 4.93. The quantitative estimate of drug-likeness (QED) is 0.744. The van der Waals surface area contributed by atoms with Crippen molar-refractivity contribution in [1.82, 2.24) is 20.1 Å². The van der Waals surface area contributed by atoms with Crippen molar-refractivity contribution in [1.29, 1.82) is 0 Å². The molecule has 140 valence electrons. The Hall–Kier alpha value is -1.34. The van der Waals surface area contributed by atoms with E-state index < -0.39 is 0 Å². The largest absolute Gasteiger partial charge is 0.352 e. The number of hydrogen-bond acceptors (Lipinski definition) is 5. The van der Waals surface area contributed by atoms with E-state index in [2.05, 4.69) is 45.4 Å². The molecule has 26 heavy (non-hydrogen) atoms. The third kappa shape index (κ3) is 3.83. The van der Waals surface area contributed by atoms with Gasteiger partial charge in [0, 0.05) is 12.1 Å². The Morgan fingerprint density at radius 2 is 2.15 bits per heavy atom. The Morgan fingerprint density at radius 1 is 1.31 bits per heavy atom. The molecule has 1 amide bonds. The van der Waals surface area contributed by atoms with E-state index in [-0.39, 0.29) is 5.91 Å². The minimum absolute atomic E-state index is 0.115. The number of thiophene rings is 1. The molecular weight excluding hydrogens is 364 g/mol. The molecular formula is C19H26N4OS2. The second kappa shape index (κ2) is 7.72. The standard InChI is InChI=1S/C19H26N4OS2/c1-12-5-3-6-15(13(12)2)20-17(24)11-26-19-22-21-18(16-7-4-10-25-16)23(19)14-8-9-14/h4,7,10,12-15H,3,5-6,8-9,11H2,1-2H3,(H,20,24)/t12-,13-,15+/m1/s1. The molecule has 0 bridgehead atoms. The van der Waals surface area contributed by atoms with Gasteiger partial charge in [0.25, 0.3) is 0 Å². The number of nitrogens with one attached hydrogen (secondary N) is 1. The maximum Gasteiger partial charge on any atom is 0.230 e. The zero-order chi connectivity index (χ0) is 18.1. The van der Waals surface area contributed by atoms with Crippen LogP contribution in [0.3, 0.4) is 0 Å². The van der Waals surface area contributed by atoms with Crippen molar-refractivity contribution in [3.8, 4) is 10.7 Å². The van der Waals surface area contributed by atoms with Crippen molar-refractivity contribution in [2.45, 2.75) is 63.2 Å². The molecule has 0 aliphatic heterocycles. The van der Waals surface area contributed by atoms with Crippen LogP contribution in [0.5, 0.6) is 0 Å². The fraction of sp³-hybridized carbons (Fsp3) is 0.632. The maximum absolute atomic E-state index is 12.5. The van der Waals surface area contributed by atoms with Crippen molar-refractivity contribution in [2.24, 2.45) is 11.8 Å². The normalized spacial score (nSPS) is 26.0. The van der Waals surface area contributed by atoms with Crippen LogP contribution in [0.2, 0.25) is 0 Å². The summed E-state index contributed by atoms with van der Waals surface area (Å²) in [5.74, 6) is 2.71. The molecule has 2 aliphatic carbocycles. The lowest BCUT2D eigenvalue weighted by atomic mass is 9.78. The number of amides is 1. The van der Waals surface area contributed by atoms with Crippen molar-refractivity contribution < 1.29 is 4.79 Å². The topological polar surface area (TPSA) is 59.8 Å². The molecule has 5 nitrogen and oxygen atoms in total. The van der Waals surface area contributed by atoms with E-state index in [0.29, 0.717) is 29.7 Å². The van der Waals surface area contributed by atoms with E-state index in [1.807, 2.05) is 6.07 Å². The Kier molecular flexibility index (Phi) is 5.36. The van der Waals surface area contributed by atoms with Gasteiger partial charge in [-0.05, 0) is 42.5 Å². The summed E-state index contributed by atoms with van der Waals surface area (Å²) in [4.78, 5) is 13.6. The van der Waals surface area contributed by atoms with Gasteiger partial charge in [0.05, 0.1) is 10.6 Å². The van der Waals surface area contributed by atoms with E-state index in [1.165, 1.54) is 37.4 Å². The number of carbonyl (C=O) groups is 1. The van der Waals surface area contributed by atoms with Crippen LogP contribution in [0.4, 0.5) is 0 Å². The molecule has 2 aromatic rings. The highest BCUT2D eigenvalue weighted by molar-refractivity contribution is 7.99. The van der Waals surface area contributed by atoms with E-state index in [4.69, 9.17) is 0 Å². The summed E-state index contributed by atoms with van der Waals surface area (Å²) < 4.78 is 2.23. The second-order valence-electron chi connectivity index (χ2n) is 7.61. The molecule has 3 atom stereocenters. The average molecular weight is 391 g/mol. The molecule has 4 rings (SSSR count). The van der Waals surface area contributed by atoms with Crippen LogP contribution in [0.15, 0.2) is 22.7 Å². The molecule has 2 saturated carbocycles. The molecule has 1 N–H and O–H groups in total. The predicted molar refractivity (Wildman–Crippen MR) is 106 cm³/mol. The molecule has 0 saturated heterocycles. The van der Waals surface area contributed by atoms with Gasteiger partial charge >= 0.3 is 0 Å². The number of thioether (sulfide) groups is 1. The van der Waals surface area contributed by atoms with Gasteiger partial charge in [-0.3, -0.25) is 9.36 Å². The SMILES string of the molecule is C[C@@H]1[C@H](C)CCC[C@@H]1NC(=O)CSc1nnc(-c2cccs2)n1C1CC1. The molecule has 7 heteroatoms. The van der Waals surface area contributed by atoms with Crippen LogP contribution < -0.4 is 5.32 Å². The number of rotatable bonds is 6. The first-order valence-electron chi connectivity index (χ1n) is 9.54. The van der Waals surface area contributed by atoms with Crippen molar-refractivity contribution in [3.05, 3.63) is 17.5 Å². The highest BCUT2D eigenvalue weighted by Gasteiger charge is 2.31. The van der Waals surface area contributed by atoms with Crippen LogP contribution in [0, 0.1) is 11.8 Å². The molecule has 2 fully saturated rings. The van der Waals surface area contributed by atoms with Gasteiger partial charge in [-0.2, -0.15) is 0 Å². The number of carbonyl (C=O) groups excluding carboxylic acids is 1. The van der Waals surface area contributed by atoms with E-state index in [0.717, 1.165) is 22.3 Å². The molecule has 0 spiro atoms. The van der Waals surface area contributed by atoms with Gasteiger partial charge in [-0.1, -0.05) is 44.5 Å². The Bertz CT molecular complexity index is 754. The highest BCUT2D eigenvalue weighted by Crippen LogP contribution is 2.41. The lowest BCUT2D eigenvalue weighted by Crippen LogP contribution is -2.44. The first-order valence-corrected chi connectivity index (χ1v) is 11.4. The van der Waals surface area contributed by atoms with Gasteiger partial charge < -0.3 is 5.32 Å². The molecule has 0 unspecified atom stereocenters. The first kappa shape index (κ1) is 18.0. The summed E-state index contributed by atoms with van der Waals surface area (Å²) in [6.07, 6.45) is 5.94. The van der Waals surface area contributed by atoms with Gasteiger partial charge in [-0.25, -0.2) is 0 Å². The lowest BCUT2D eigenvalue weighted by molar-refractivity contribution is -0.120. The minimum Gasteiger partial charge on any atom is -0.352 e.